The van der Waals surface area contributed by atoms with Crippen LogP contribution < -0.4 is 25.0 Å². The summed E-state index contributed by atoms with van der Waals surface area (Å²) in [6.45, 7) is 4.00. The standard InChI is InChI=1S/C19H25N5O4/c1-26-15-3-2-4-16(11-15)28-13-19(25)21-6-5-20-17-12-18(23-14-22-17)24-7-9-27-10-8-24/h2-4,11-12,14H,5-10,13H2,1H3,(H,21,25)(H,20,22,23). The van der Waals surface area contributed by atoms with Crippen molar-refractivity contribution < 1.29 is 19.0 Å². The zero-order valence-corrected chi connectivity index (χ0v) is 15.9. The number of nitrogens with one attached hydrogen (secondary N) is 2. The van der Waals surface area contributed by atoms with E-state index < -0.39 is 0 Å². The number of rotatable bonds is 9. The second-order valence-corrected chi connectivity index (χ2v) is 6.11. The molecule has 0 aliphatic carbocycles. The van der Waals surface area contributed by atoms with Gasteiger partial charge in [-0.05, 0) is 12.1 Å². The highest BCUT2D eigenvalue weighted by Crippen LogP contribution is 2.18. The van der Waals surface area contributed by atoms with E-state index in [4.69, 9.17) is 14.2 Å². The molecule has 9 heteroatoms. The maximum absolute atomic E-state index is 11.9. The van der Waals surface area contributed by atoms with Gasteiger partial charge in [-0.1, -0.05) is 6.07 Å². The van der Waals surface area contributed by atoms with Gasteiger partial charge in [0.2, 0.25) is 0 Å². The molecule has 2 heterocycles. The minimum Gasteiger partial charge on any atom is -0.497 e. The predicted molar refractivity (Wildman–Crippen MR) is 105 cm³/mol. The molecule has 0 bridgehead atoms. The van der Waals surface area contributed by atoms with Gasteiger partial charge in [-0.2, -0.15) is 0 Å². The SMILES string of the molecule is COc1cccc(OCC(=O)NCCNc2cc(N3CCOCC3)ncn2)c1. The zero-order valence-electron chi connectivity index (χ0n) is 15.9. The molecule has 150 valence electrons. The monoisotopic (exact) mass is 387 g/mol. The zero-order chi connectivity index (χ0) is 19.6. The summed E-state index contributed by atoms with van der Waals surface area (Å²) in [5.41, 5.74) is 0. The summed E-state index contributed by atoms with van der Waals surface area (Å²) < 4.78 is 15.9. The number of carbonyl (C=O) groups excluding carboxylic acids is 1. The lowest BCUT2D eigenvalue weighted by atomic mass is 10.3. The minimum atomic E-state index is -0.193. The van der Waals surface area contributed by atoms with Crippen molar-refractivity contribution in [1.82, 2.24) is 15.3 Å². The molecule has 0 spiro atoms. The average molecular weight is 387 g/mol. The second-order valence-electron chi connectivity index (χ2n) is 6.11. The summed E-state index contributed by atoms with van der Waals surface area (Å²) in [5, 5.41) is 5.99. The molecule has 0 unspecified atom stereocenters. The molecular weight excluding hydrogens is 362 g/mol. The molecule has 0 atom stereocenters. The number of hydrogen-bond donors (Lipinski definition) is 2. The number of anilines is 2. The maximum atomic E-state index is 11.9. The average Bonchev–Trinajstić information content (AvgIpc) is 2.76. The van der Waals surface area contributed by atoms with Gasteiger partial charge in [0, 0.05) is 38.3 Å². The molecule has 1 fully saturated rings. The van der Waals surface area contributed by atoms with E-state index in [9.17, 15) is 4.79 Å². The number of benzene rings is 1. The Hall–Kier alpha value is -3.07. The van der Waals surface area contributed by atoms with Gasteiger partial charge < -0.3 is 29.7 Å². The van der Waals surface area contributed by atoms with E-state index in [0.717, 1.165) is 24.7 Å². The summed E-state index contributed by atoms with van der Waals surface area (Å²) in [6, 6.07) is 9.03. The van der Waals surface area contributed by atoms with Crippen molar-refractivity contribution in [1.29, 1.82) is 0 Å². The van der Waals surface area contributed by atoms with Crippen LogP contribution in [0.1, 0.15) is 0 Å². The Balaban J connectivity index is 1.36. The Morgan fingerprint density at radius 2 is 2.00 bits per heavy atom. The van der Waals surface area contributed by atoms with Gasteiger partial charge in [-0.15, -0.1) is 0 Å². The van der Waals surface area contributed by atoms with E-state index in [-0.39, 0.29) is 12.5 Å². The normalized spacial score (nSPS) is 13.7. The molecule has 28 heavy (non-hydrogen) atoms. The Labute approximate surface area is 164 Å². The molecule has 1 aliphatic rings. The molecule has 2 N–H and O–H groups in total. The number of morpholine rings is 1. The van der Waals surface area contributed by atoms with Crippen LogP contribution in [0.4, 0.5) is 11.6 Å². The third kappa shape index (κ3) is 5.98. The Morgan fingerprint density at radius 3 is 2.82 bits per heavy atom. The largest absolute Gasteiger partial charge is 0.497 e. The van der Waals surface area contributed by atoms with Crippen LogP contribution in [0.25, 0.3) is 0 Å². The lowest BCUT2D eigenvalue weighted by Crippen LogP contribution is -2.36. The first kappa shape index (κ1) is 19.7. The lowest BCUT2D eigenvalue weighted by Gasteiger charge is -2.27. The van der Waals surface area contributed by atoms with Crippen LogP contribution in [-0.2, 0) is 9.53 Å². The summed E-state index contributed by atoms with van der Waals surface area (Å²) in [5.74, 6) is 2.67. The number of amides is 1. The smallest absolute Gasteiger partial charge is 0.258 e. The highest BCUT2D eigenvalue weighted by molar-refractivity contribution is 5.77. The van der Waals surface area contributed by atoms with Crippen LogP contribution >= 0.6 is 0 Å². The van der Waals surface area contributed by atoms with E-state index in [1.165, 1.54) is 6.33 Å². The molecular formula is C19H25N5O4. The first-order valence-corrected chi connectivity index (χ1v) is 9.17. The highest BCUT2D eigenvalue weighted by atomic mass is 16.5. The number of carbonyl (C=O) groups is 1. The van der Waals surface area contributed by atoms with Gasteiger partial charge >= 0.3 is 0 Å². The van der Waals surface area contributed by atoms with Gasteiger partial charge in [0.05, 0.1) is 20.3 Å². The van der Waals surface area contributed by atoms with Gasteiger partial charge in [-0.25, -0.2) is 9.97 Å². The maximum Gasteiger partial charge on any atom is 0.258 e. The molecule has 1 amide bonds. The summed E-state index contributed by atoms with van der Waals surface area (Å²) >= 11 is 0. The van der Waals surface area contributed by atoms with E-state index >= 15 is 0 Å². The molecule has 2 aromatic rings. The van der Waals surface area contributed by atoms with Crippen LogP contribution in [0.15, 0.2) is 36.7 Å². The number of nitrogens with zero attached hydrogens (tertiary/aromatic N) is 3. The first-order valence-electron chi connectivity index (χ1n) is 9.17. The van der Waals surface area contributed by atoms with E-state index in [0.29, 0.717) is 37.8 Å². The molecule has 9 nitrogen and oxygen atoms in total. The Bertz CT molecular complexity index is 767. The number of hydrogen-bond acceptors (Lipinski definition) is 8. The molecule has 1 aromatic carbocycles. The second kappa shape index (κ2) is 10.3. The van der Waals surface area contributed by atoms with Crippen LogP contribution in [0.5, 0.6) is 11.5 Å². The third-order valence-electron chi connectivity index (χ3n) is 4.15. The number of methoxy groups -OCH3 is 1. The van der Waals surface area contributed by atoms with Crippen molar-refractivity contribution >= 4 is 17.5 Å². The molecule has 3 rings (SSSR count). The van der Waals surface area contributed by atoms with Crippen molar-refractivity contribution in [2.45, 2.75) is 0 Å². The van der Waals surface area contributed by atoms with Gasteiger partial charge in [0.1, 0.15) is 29.5 Å². The van der Waals surface area contributed by atoms with Crippen LogP contribution in [0.2, 0.25) is 0 Å². The topological polar surface area (TPSA) is 97.8 Å². The summed E-state index contributed by atoms with van der Waals surface area (Å²) in [4.78, 5) is 22.6. The Morgan fingerprint density at radius 1 is 1.18 bits per heavy atom. The number of aromatic nitrogens is 2. The number of ether oxygens (including phenoxy) is 3. The van der Waals surface area contributed by atoms with Crippen molar-refractivity contribution in [2.24, 2.45) is 0 Å². The van der Waals surface area contributed by atoms with Gasteiger partial charge in [-0.3, -0.25) is 4.79 Å². The lowest BCUT2D eigenvalue weighted by molar-refractivity contribution is -0.123. The first-order chi connectivity index (χ1) is 13.7. The van der Waals surface area contributed by atoms with Gasteiger partial charge in [0.15, 0.2) is 6.61 Å². The third-order valence-corrected chi connectivity index (χ3v) is 4.15. The van der Waals surface area contributed by atoms with Crippen molar-refractivity contribution in [3.8, 4) is 11.5 Å². The molecule has 1 saturated heterocycles. The van der Waals surface area contributed by atoms with Crippen molar-refractivity contribution in [3.05, 3.63) is 36.7 Å². The predicted octanol–water partition coefficient (Wildman–Crippen LogP) is 0.929. The summed E-state index contributed by atoms with van der Waals surface area (Å²) in [6.07, 6.45) is 1.54. The fourth-order valence-electron chi connectivity index (χ4n) is 2.69. The van der Waals surface area contributed by atoms with Crippen LogP contribution in [0, 0.1) is 0 Å². The molecule has 1 aromatic heterocycles. The molecule has 1 aliphatic heterocycles. The van der Waals surface area contributed by atoms with Crippen LogP contribution in [0.3, 0.4) is 0 Å². The van der Waals surface area contributed by atoms with Gasteiger partial charge in [0.25, 0.3) is 5.91 Å². The van der Waals surface area contributed by atoms with E-state index in [1.54, 1.807) is 19.2 Å². The minimum absolute atomic E-state index is 0.0537. The van der Waals surface area contributed by atoms with Crippen LogP contribution in [-0.4, -0.2) is 69.0 Å². The fraction of sp³-hybridized carbons (Fsp3) is 0.421. The molecule has 0 saturated carbocycles. The summed E-state index contributed by atoms with van der Waals surface area (Å²) in [7, 11) is 1.58. The quantitative estimate of drug-likeness (QED) is 0.614. The fourth-order valence-corrected chi connectivity index (χ4v) is 2.69. The van der Waals surface area contributed by atoms with Crippen molar-refractivity contribution in [2.75, 3.05) is 63.3 Å². The van der Waals surface area contributed by atoms with E-state index in [2.05, 4.69) is 25.5 Å². The van der Waals surface area contributed by atoms with Crippen molar-refractivity contribution in [3.63, 3.8) is 0 Å². The highest BCUT2D eigenvalue weighted by Gasteiger charge is 2.13. The Kier molecular flexibility index (Phi) is 7.25. The molecule has 0 radical (unpaired) electrons. The van der Waals surface area contributed by atoms with E-state index in [1.807, 2.05) is 18.2 Å².